The average molecular weight is 208 g/mol. The summed E-state index contributed by atoms with van der Waals surface area (Å²) in [5, 5.41) is 0. The van der Waals surface area contributed by atoms with Crippen LogP contribution in [0.1, 0.15) is 26.3 Å². The summed E-state index contributed by atoms with van der Waals surface area (Å²) in [7, 11) is 0. The lowest BCUT2D eigenvalue weighted by molar-refractivity contribution is 0.359. The molecule has 1 aromatic rings. The van der Waals surface area contributed by atoms with E-state index in [9.17, 15) is 4.39 Å². The molecule has 0 spiro atoms. The van der Waals surface area contributed by atoms with Crippen LogP contribution in [-0.4, -0.2) is 6.61 Å². The fraction of sp³-hybridized carbons (Fsp3) is 0.385. The molecule has 0 aliphatic rings. The van der Waals surface area contributed by atoms with Crippen LogP contribution < -0.4 is 4.74 Å². The van der Waals surface area contributed by atoms with E-state index < -0.39 is 0 Å². The van der Waals surface area contributed by atoms with Gasteiger partial charge in [0.1, 0.15) is 18.2 Å². The summed E-state index contributed by atoms with van der Waals surface area (Å²) in [6.45, 7) is 9.88. The minimum atomic E-state index is -0.218. The Balaban J connectivity index is 2.93. The van der Waals surface area contributed by atoms with Crippen LogP contribution in [0.3, 0.4) is 0 Å². The van der Waals surface area contributed by atoms with Gasteiger partial charge in [-0.25, -0.2) is 4.39 Å². The maximum Gasteiger partial charge on any atom is 0.130 e. The molecule has 82 valence electrons. The second-order valence-corrected chi connectivity index (χ2v) is 4.49. The van der Waals surface area contributed by atoms with Gasteiger partial charge in [-0.05, 0) is 17.0 Å². The predicted octanol–water partition coefficient (Wildman–Crippen LogP) is 3.69. The lowest BCUT2D eigenvalue weighted by Crippen LogP contribution is -2.13. The summed E-state index contributed by atoms with van der Waals surface area (Å²) >= 11 is 0. The highest BCUT2D eigenvalue weighted by atomic mass is 19.1. The van der Waals surface area contributed by atoms with E-state index in [-0.39, 0.29) is 11.2 Å². The molecule has 1 aromatic carbocycles. The van der Waals surface area contributed by atoms with E-state index in [0.29, 0.717) is 17.9 Å². The molecule has 0 radical (unpaired) electrons. The molecular formula is C13H17FO. The van der Waals surface area contributed by atoms with E-state index in [1.54, 1.807) is 18.2 Å². The monoisotopic (exact) mass is 208 g/mol. The zero-order valence-corrected chi connectivity index (χ0v) is 9.51. The van der Waals surface area contributed by atoms with E-state index in [1.807, 2.05) is 20.8 Å². The summed E-state index contributed by atoms with van der Waals surface area (Å²) in [6, 6.07) is 4.98. The molecular weight excluding hydrogens is 191 g/mol. The van der Waals surface area contributed by atoms with E-state index in [2.05, 4.69) is 6.58 Å². The number of hydrogen-bond donors (Lipinski definition) is 0. The van der Waals surface area contributed by atoms with Crippen molar-refractivity contribution in [3.05, 3.63) is 42.2 Å². The fourth-order valence-corrected chi connectivity index (χ4v) is 1.35. The van der Waals surface area contributed by atoms with Gasteiger partial charge in [0.05, 0.1) is 0 Å². The Morgan fingerprint density at radius 3 is 2.53 bits per heavy atom. The van der Waals surface area contributed by atoms with Crippen molar-refractivity contribution in [1.82, 2.24) is 0 Å². The molecule has 0 amide bonds. The molecule has 0 aliphatic carbocycles. The number of hydrogen-bond acceptors (Lipinski definition) is 1. The van der Waals surface area contributed by atoms with Gasteiger partial charge >= 0.3 is 0 Å². The Kier molecular flexibility index (Phi) is 3.51. The molecule has 0 aromatic heterocycles. The third-order valence-corrected chi connectivity index (χ3v) is 2.12. The van der Waals surface area contributed by atoms with Crippen molar-refractivity contribution >= 4 is 0 Å². The van der Waals surface area contributed by atoms with Gasteiger partial charge in [-0.15, -0.1) is 0 Å². The minimum Gasteiger partial charge on any atom is -0.489 e. The molecule has 0 atom stereocenters. The third-order valence-electron chi connectivity index (χ3n) is 2.12. The Labute approximate surface area is 90.6 Å². The standard InChI is InChI=1S/C13H17FO/c1-5-8-15-10-6-7-11(12(14)9-10)13(2,3)4/h5-7,9H,1,8H2,2-4H3. The number of halogens is 1. The third kappa shape index (κ3) is 3.08. The van der Waals surface area contributed by atoms with E-state index in [0.717, 1.165) is 0 Å². The van der Waals surface area contributed by atoms with Crippen molar-refractivity contribution in [1.29, 1.82) is 0 Å². The first-order valence-electron chi connectivity index (χ1n) is 4.99. The Morgan fingerprint density at radius 1 is 1.40 bits per heavy atom. The normalized spacial score (nSPS) is 11.2. The summed E-state index contributed by atoms with van der Waals surface area (Å²) in [4.78, 5) is 0. The van der Waals surface area contributed by atoms with Gasteiger partial charge < -0.3 is 4.74 Å². The second kappa shape index (κ2) is 4.47. The van der Waals surface area contributed by atoms with Crippen LogP contribution in [0.2, 0.25) is 0 Å². The van der Waals surface area contributed by atoms with E-state index in [1.165, 1.54) is 6.07 Å². The lowest BCUT2D eigenvalue weighted by atomic mass is 9.87. The van der Waals surface area contributed by atoms with E-state index >= 15 is 0 Å². The minimum absolute atomic E-state index is 0.180. The Morgan fingerprint density at radius 2 is 2.07 bits per heavy atom. The van der Waals surface area contributed by atoms with Crippen LogP contribution >= 0.6 is 0 Å². The molecule has 0 unspecified atom stereocenters. The Hall–Kier alpha value is -1.31. The summed E-state index contributed by atoms with van der Waals surface area (Å²) < 4.78 is 18.9. The maximum atomic E-state index is 13.7. The lowest BCUT2D eigenvalue weighted by Gasteiger charge is -2.20. The second-order valence-electron chi connectivity index (χ2n) is 4.49. The van der Waals surface area contributed by atoms with Crippen LogP contribution in [0.25, 0.3) is 0 Å². The van der Waals surface area contributed by atoms with Gasteiger partial charge in [0.15, 0.2) is 0 Å². The molecule has 0 fully saturated rings. The zero-order valence-electron chi connectivity index (χ0n) is 9.51. The fourth-order valence-electron chi connectivity index (χ4n) is 1.35. The Bertz CT molecular complexity index is 350. The van der Waals surface area contributed by atoms with Crippen LogP contribution in [0.15, 0.2) is 30.9 Å². The molecule has 2 heteroatoms. The van der Waals surface area contributed by atoms with Gasteiger partial charge in [0, 0.05) is 6.07 Å². The van der Waals surface area contributed by atoms with Crippen molar-refractivity contribution in [3.8, 4) is 5.75 Å². The molecule has 0 bridgehead atoms. The first kappa shape index (κ1) is 11.8. The SMILES string of the molecule is C=CCOc1ccc(C(C)(C)C)c(F)c1. The van der Waals surface area contributed by atoms with Crippen molar-refractivity contribution in [2.75, 3.05) is 6.61 Å². The summed E-state index contributed by atoms with van der Waals surface area (Å²) in [5.41, 5.74) is 0.523. The van der Waals surface area contributed by atoms with E-state index in [4.69, 9.17) is 4.74 Å². The molecule has 0 saturated heterocycles. The maximum absolute atomic E-state index is 13.7. The van der Waals surface area contributed by atoms with Crippen LogP contribution in [0, 0.1) is 5.82 Å². The quantitative estimate of drug-likeness (QED) is 0.688. The molecule has 0 saturated carbocycles. The van der Waals surface area contributed by atoms with Gasteiger partial charge in [-0.2, -0.15) is 0 Å². The number of rotatable bonds is 3. The summed E-state index contributed by atoms with van der Waals surface area (Å²) in [5.74, 6) is 0.324. The molecule has 0 N–H and O–H groups in total. The zero-order chi connectivity index (χ0) is 11.5. The van der Waals surface area contributed by atoms with Crippen molar-refractivity contribution in [2.24, 2.45) is 0 Å². The molecule has 0 heterocycles. The first-order valence-corrected chi connectivity index (χ1v) is 4.99. The van der Waals surface area contributed by atoms with Crippen molar-refractivity contribution in [2.45, 2.75) is 26.2 Å². The summed E-state index contributed by atoms with van der Waals surface area (Å²) in [6.07, 6.45) is 1.63. The highest BCUT2D eigenvalue weighted by Crippen LogP contribution is 2.27. The average Bonchev–Trinajstić information content (AvgIpc) is 2.12. The number of ether oxygens (including phenoxy) is 1. The molecule has 1 rings (SSSR count). The van der Waals surface area contributed by atoms with Gasteiger partial charge in [-0.1, -0.05) is 39.5 Å². The molecule has 1 nitrogen and oxygen atoms in total. The molecule has 0 aliphatic heterocycles. The van der Waals surface area contributed by atoms with Crippen molar-refractivity contribution in [3.63, 3.8) is 0 Å². The molecule has 15 heavy (non-hydrogen) atoms. The van der Waals surface area contributed by atoms with Gasteiger partial charge in [0.2, 0.25) is 0 Å². The smallest absolute Gasteiger partial charge is 0.130 e. The van der Waals surface area contributed by atoms with Crippen LogP contribution in [0.5, 0.6) is 5.75 Å². The first-order chi connectivity index (χ1) is 6.95. The largest absolute Gasteiger partial charge is 0.489 e. The highest BCUT2D eigenvalue weighted by Gasteiger charge is 2.18. The van der Waals surface area contributed by atoms with Crippen molar-refractivity contribution < 1.29 is 9.13 Å². The number of benzene rings is 1. The predicted molar refractivity (Wildman–Crippen MR) is 60.8 cm³/mol. The van der Waals surface area contributed by atoms with Gasteiger partial charge in [-0.3, -0.25) is 0 Å². The topological polar surface area (TPSA) is 9.23 Å². The highest BCUT2D eigenvalue weighted by molar-refractivity contribution is 5.32. The van der Waals surface area contributed by atoms with Gasteiger partial charge in [0.25, 0.3) is 0 Å². The van der Waals surface area contributed by atoms with Crippen LogP contribution in [0.4, 0.5) is 4.39 Å². The van der Waals surface area contributed by atoms with Crippen LogP contribution in [-0.2, 0) is 5.41 Å².